The van der Waals surface area contributed by atoms with Crippen LogP contribution in [0.5, 0.6) is 0 Å². The maximum atomic E-state index is 4.49. The molecule has 0 amide bonds. The minimum absolute atomic E-state index is 0.756. The predicted octanol–water partition coefficient (Wildman–Crippen LogP) is 3.44. The molecule has 1 heterocycles. The van der Waals surface area contributed by atoms with E-state index in [0.29, 0.717) is 0 Å². The van der Waals surface area contributed by atoms with Gasteiger partial charge in [-0.1, -0.05) is 42.5 Å². The molecule has 18 heavy (non-hydrogen) atoms. The van der Waals surface area contributed by atoms with E-state index >= 15 is 0 Å². The number of aryl methyl sites for hydroxylation is 1. The van der Waals surface area contributed by atoms with E-state index in [1.54, 1.807) is 6.33 Å². The van der Waals surface area contributed by atoms with Gasteiger partial charge in [0, 0.05) is 12.0 Å². The Morgan fingerprint density at radius 1 is 1.11 bits per heavy atom. The van der Waals surface area contributed by atoms with E-state index in [9.17, 15) is 0 Å². The Morgan fingerprint density at radius 3 is 2.72 bits per heavy atom. The minimum atomic E-state index is 0.756. The van der Waals surface area contributed by atoms with Gasteiger partial charge in [-0.25, -0.2) is 15.0 Å². The molecule has 0 aliphatic rings. The summed E-state index contributed by atoms with van der Waals surface area (Å²) in [6, 6.07) is 10.00. The molecule has 0 bridgehead atoms. The molecule has 0 radical (unpaired) electrons. The zero-order chi connectivity index (χ0) is 12.6. The largest absolute Gasteiger partial charge is 0.221 e. The molecule has 2 rings (SSSR count). The molecule has 0 saturated carbocycles. The van der Waals surface area contributed by atoms with E-state index in [0.717, 1.165) is 36.5 Å². The predicted molar refractivity (Wildman–Crippen MR) is 73.0 cm³/mol. The van der Waals surface area contributed by atoms with Crippen molar-refractivity contribution in [3.05, 3.63) is 54.6 Å². The first-order valence-electron chi connectivity index (χ1n) is 6.24. The molecule has 2 aromatic rings. The van der Waals surface area contributed by atoms with Gasteiger partial charge in [-0.3, -0.25) is 0 Å². The standard InChI is InChI=1S/C15H17N3/c1-2-3-4-8-11-14-16-12-17-15(18-14)13-9-6-5-7-10-13/h2-3,5-7,9-10,12H,4,8,11H2,1H3. The monoisotopic (exact) mass is 239 g/mol. The molecule has 3 nitrogen and oxygen atoms in total. The molecule has 1 aromatic heterocycles. The van der Waals surface area contributed by atoms with Gasteiger partial charge in [0.25, 0.3) is 0 Å². The van der Waals surface area contributed by atoms with Crippen LogP contribution in [0.15, 0.2) is 48.8 Å². The summed E-state index contributed by atoms with van der Waals surface area (Å²) in [5.41, 5.74) is 1.04. The number of benzene rings is 1. The van der Waals surface area contributed by atoms with Crippen LogP contribution in [0.1, 0.15) is 25.6 Å². The Morgan fingerprint density at radius 2 is 1.94 bits per heavy atom. The summed E-state index contributed by atoms with van der Waals surface area (Å²) < 4.78 is 0. The number of unbranched alkanes of at least 4 members (excludes halogenated alkanes) is 1. The van der Waals surface area contributed by atoms with Gasteiger partial charge in [0.2, 0.25) is 0 Å². The Bertz CT molecular complexity index is 506. The molecule has 0 spiro atoms. The van der Waals surface area contributed by atoms with Crippen LogP contribution in [0.4, 0.5) is 0 Å². The van der Waals surface area contributed by atoms with Gasteiger partial charge < -0.3 is 0 Å². The van der Waals surface area contributed by atoms with Gasteiger partial charge in [0.15, 0.2) is 5.82 Å². The molecule has 3 heteroatoms. The van der Waals surface area contributed by atoms with Crippen molar-refractivity contribution in [1.82, 2.24) is 15.0 Å². The van der Waals surface area contributed by atoms with E-state index in [4.69, 9.17) is 0 Å². The first-order chi connectivity index (χ1) is 8.90. The summed E-state index contributed by atoms with van der Waals surface area (Å²) in [5, 5.41) is 0. The average molecular weight is 239 g/mol. The highest BCUT2D eigenvalue weighted by atomic mass is 15.0. The van der Waals surface area contributed by atoms with Crippen LogP contribution in [0, 0.1) is 0 Å². The summed E-state index contributed by atoms with van der Waals surface area (Å²) in [5.74, 6) is 1.62. The zero-order valence-corrected chi connectivity index (χ0v) is 10.6. The third kappa shape index (κ3) is 3.48. The van der Waals surface area contributed by atoms with Crippen molar-refractivity contribution in [2.75, 3.05) is 0 Å². The quantitative estimate of drug-likeness (QED) is 0.592. The number of rotatable bonds is 5. The van der Waals surface area contributed by atoms with Crippen LogP contribution in [0.2, 0.25) is 0 Å². The van der Waals surface area contributed by atoms with Crippen molar-refractivity contribution >= 4 is 0 Å². The van der Waals surface area contributed by atoms with Gasteiger partial charge in [0.1, 0.15) is 12.2 Å². The second kappa shape index (κ2) is 6.64. The van der Waals surface area contributed by atoms with Crippen molar-refractivity contribution in [3.63, 3.8) is 0 Å². The van der Waals surface area contributed by atoms with Gasteiger partial charge in [-0.2, -0.15) is 0 Å². The van der Waals surface area contributed by atoms with E-state index in [1.165, 1.54) is 0 Å². The van der Waals surface area contributed by atoms with Gasteiger partial charge >= 0.3 is 0 Å². The Kier molecular flexibility index (Phi) is 4.59. The lowest BCUT2D eigenvalue weighted by atomic mass is 10.2. The van der Waals surface area contributed by atoms with Crippen LogP contribution in [-0.4, -0.2) is 15.0 Å². The molecular weight excluding hydrogens is 222 g/mol. The van der Waals surface area contributed by atoms with Crippen molar-refractivity contribution < 1.29 is 0 Å². The third-order valence-corrected chi connectivity index (χ3v) is 2.66. The smallest absolute Gasteiger partial charge is 0.162 e. The van der Waals surface area contributed by atoms with Gasteiger partial charge in [-0.05, 0) is 19.8 Å². The van der Waals surface area contributed by atoms with Crippen LogP contribution >= 0.6 is 0 Å². The Hall–Kier alpha value is -2.03. The number of allylic oxidation sites excluding steroid dienone is 2. The molecule has 0 fully saturated rings. The lowest BCUT2D eigenvalue weighted by Gasteiger charge is -2.02. The Labute approximate surface area is 108 Å². The van der Waals surface area contributed by atoms with Crippen LogP contribution in [-0.2, 0) is 6.42 Å². The highest BCUT2D eigenvalue weighted by Crippen LogP contribution is 2.13. The number of aromatic nitrogens is 3. The third-order valence-electron chi connectivity index (χ3n) is 2.66. The molecule has 0 atom stereocenters. The lowest BCUT2D eigenvalue weighted by Crippen LogP contribution is -1.98. The first-order valence-corrected chi connectivity index (χ1v) is 6.24. The summed E-state index contributed by atoms with van der Waals surface area (Å²) in [4.78, 5) is 12.9. The summed E-state index contributed by atoms with van der Waals surface area (Å²) in [7, 11) is 0. The van der Waals surface area contributed by atoms with Crippen LogP contribution in [0.3, 0.4) is 0 Å². The summed E-state index contributed by atoms with van der Waals surface area (Å²) in [6.07, 6.45) is 8.88. The molecule has 0 aliphatic carbocycles. The zero-order valence-electron chi connectivity index (χ0n) is 10.6. The van der Waals surface area contributed by atoms with E-state index in [-0.39, 0.29) is 0 Å². The minimum Gasteiger partial charge on any atom is -0.221 e. The van der Waals surface area contributed by atoms with E-state index in [1.807, 2.05) is 37.3 Å². The van der Waals surface area contributed by atoms with Crippen molar-refractivity contribution in [3.8, 4) is 11.4 Å². The maximum Gasteiger partial charge on any atom is 0.162 e. The number of hydrogen-bond donors (Lipinski definition) is 0. The second-order valence-electron chi connectivity index (χ2n) is 4.05. The van der Waals surface area contributed by atoms with Crippen molar-refractivity contribution in [2.24, 2.45) is 0 Å². The van der Waals surface area contributed by atoms with Gasteiger partial charge in [-0.15, -0.1) is 0 Å². The molecule has 92 valence electrons. The molecule has 0 unspecified atom stereocenters. The summed E-state index contributed by atoms with van der Waals surface area (Å²) in [6.45, 7) is 2.04. The van der Waals surface area contributed by atoms with E-state index in [2.05, 4.69) is 27.1 Å². The highest BCUT2D eigenvalue weighted by molar-refractivity contribution is 5.53. The van der Waals surface area contributed by atoms with Crippen molar-refractivity contribution in [2.45, 2.75) is 26.2 Å². The first kappa shape index (κ1) is 12.4. The highest BCUT2D eigenvalue weighted by Gasteiger charge is 2.02. The molecule has 1 aromatic carbocycles. The molecule has 0 saturated heterocycles. The maximum absolute atomic E-state index is 4.49. The van der Waals surface area contributed by atoms with Crippen molar-refractivity contribution in [1.29, 1.82) is 0 Å². The normalized spacial score (nSPS) is 10.9. The molecule has 0 aliphatic heterocycles. The SMILES string of the molecule is CC=CCCCc1ncnc(-c2ccccc2)n1. The lowest BCUT2D eigenvalue weighted by molar-refractivity contribution is 0.776. The number of hydrogen-bond acceptors (Lipinski definition) is 3. The Balaban J connectivity index is 2.06. The topological polar surface area (TPSA) is 38.7 Å². The fourth-order valence-corrected chi connectivity index (χ4v) is 1.72. The number of nitrogens with zero attached hydrogens (tertiary/aromatic N) is 3. The van der Waals surface area contributed by atoms with Gasteiger partial charge in [0.05, 0.1) is 0 Å². The second-order valence-corrected chi connectivity index (χ2v) is 4.05. The fraction of sp³-hybridized carbons (Fsp3) is 0.267. The van der Waals surface area contributed by atoms with Crippen LogP contribution < -0.4 is 0 Å². The molecule has 0 N–H and O–H groups in total. The summed E-state index contributed by atoms with van der Waals surface area (Å²) >= 11 is 0. The fourth-order valence-electron chi connectivity index (χ4n) is 1.72. The molecular formula is C15H17N3. The van der Waals surface area contributed by atoms with E-state index < -0.39 is 0 Å². The van der Waals surface area contributed by atoms with Crippen LogP contribution in [0.25, 0.3) is 11.4 Å². The average Bonchev–Trinajstić information content (AvgIpc) is 2.45.